The smallest absolute Gasteiger partial charge is 0.285 e. The maximum Gasteiger partial charge on any atom is 0.285 e. The first kappa shape index (κ1) is 15.4. The van der Waals surface area contributed by atoms with E-state index < -0.39 is 0 Å². The van der Waals surface area contributed by atoms with Crippen LogP contribution in [0.15, 0.2) is 48.5 Å². The molecule has 0 unspecified atom stereocenters. The molecule has 0 radical (unpaired) electrons. The van der Waals surface area contributed by atoms with E-state index in [9.17, 15) is 0 Å². The quantitative estimate of drug-likeness (QED) is 0.389. The lowest BCUT2D eigenvalue weighted by Crippen LogP contribution is -2.32. The molecule has 0 atom stereocenters. The van der Waals surface area contributed by atoms with Crippen molar-refractivity contribution in [1.29, 1.82) is 0 Å². The van der Waals surface area contributed by atoms with Crippen LogP contribution in [0.4, 0.5) is 5.82 Å². The molecule has 3 aromatic rings. The van der Waals surface area contributed by atoms with Crippen molar-refractivity contribution in [2.45, 2.75) is 26.3 Å². The molecule has 3 nitrogen and oxygen atoms in total. The van der Waals surface area contributed by atoms with Gasteiger partial charge in [0, 0.05) is 23.8 Å². The lowest BCUT2D eigenvalue weighted by Gasteiger charge is -2.14. The second-order valence-electron chi connectivity index (χ2n) is 6.49. The Balaban J connectivity index is 1.72. The maximum absolute atomic E-state index is 5.65. The maximum atomic E-state index is 5.65. The van der Waals surface area contributed by atoms with Gasteiger partial charge in [-0.2, -0.15) is 0 Å². The number of para-hydroxylation sites is 1. The van der Waals surface area contributed by atoms with Crippen LogP contribution < -0.4 is 9.47 Å². The Labute approximate surface area is 143 Å². The third-order valence-electron chi connectivity index (χ3n) is 4.87. The summed E-state index contributed by atoms with van der Waals surface area (Å²) in [6.07, 6.45) is 2.18. The fourth-order valence-electron chi connectivity index (χ4n) is 3.82. The molecule has 24 heavy (non-hydrogen) atoms. The Hall–Kier alpha value is -2.13. The van der Waals surface area contributed by atoms with Gasteiger partial charge in [0.15, 0.2) is 0 Å². The highest BCUT2D eigenvalue weighted by Gasteiger charge is 2.31. The van der Waals surface area contributed by atoms with E-state index in [4.69, 9.17) is 4.74 Å². The van der Waals surface area contributed by atoms with Crippen molar-refractivity contribution in [2.75, 3.05) is 31.2 Å². The second kappa shape index (κ2) is 6.78. The molecule has 0 spiro atoms. The highest BCUT2D eigenvalue weighted by Crippen LogP contribution is 2.32. The summed E-state index contributed by atoms with van der Waals surface area (Å²) < 4.78 is 8.15. The van der Waals surface area contributed by atoms with Gasteiger partial charge in [0.2, 0.25) is 0 Å². The Morgan fingerprint density at radius 2 is 1.71 bits per heavy atom. The molecule has 0 saturated heterocycles. The fraction of sp³-hybridized carbons (Fsp3) is 0.381. The number of nitrogens with zero attached hydrogens (tertiary/aromatic N) is 2. The highest BCUT2D eigenvalue weighted by atomic mass is 16.5. The first-order valence-electron chi connectivity index (χ1n) is 9.06. The average molecular weight is 321 g/mol. The summed E-state index contributed by atoms with van der Waals surface area (Å²) >= 11 is 0. The summed E-state index contributed by atoms with van der Waals surface area (Å²) in [4.78, 5) is 2.53. The van der Waals surface area contributed by atoms with Gasteiger partial charge in [0.25, 0.3) is 5.82 Å². The Morgan fingerprint density at radius 3 is 2.54 bits per heavy atom. The van der Waals surface area contributed by atoms with Gasteiger partial charge in [-0.25, -0.2) is 4.57 Å². The van der Waals surface area contributed by atoms with Crippen molar-refractivity contribution >= 4 is 27.5 Å². The normalized spacial score (nSPS) is 13.8. The molecule has 0 amide bonds. The number of fused-ring (bicyclic) bond motifs is 6. The number of pyridine rings is 1. The zero-order valence-corrected chi connectivity index (χ0v) is 14.4. The number of benzene rings is 2. The van der Waals surface area contributed by atoms with Gasteiger partial charge in [-0.15, -0.1) is 0 Å². The van der Waals surface area contributed by atoms with Crippen LogP contribution in [0, 0.1) is 0 Å². The van der Waals surface area contributed by atoms with Crippen molar-refractivity contribution in [1.82, 2.24) is 0 Å². The molecule has 0 N–H and O–H groups in total. The van der Waals surface area contributed by atoms with E-state index in [2.05, 4.69) is 64.9 Å². The van der Waals surface area contributed by atoms with E-state index in [1.165, 1.54) is 27.5 Å². The van der Waals surface area contributed by atoms with E-state index in [1.807, 2.05) is 0 Å². The first-order chi connectivity index (χ1) is 11.9. The molecule has 124 valence electrons. The van der Waals surface area contributed by atoms with Crippen LogP contribution in [0.5, 0.6) is 0 Å². The van der Waals surface area contributed by atoms with Crippen LogP contribution in [-0.2, 0) is 11.3 Å². The molecule has 2 aromatic carbocycles. The molecule has 0 aliphatic carbocycles. The van der Waals surface area contributed by atoms with Gasteiger partial charge >= 0.3 is 0 Å². The zero-order chi connectivity index (χ0) is 16.4. The van der Waals surface area contributed by atoms with Crippen molar-refractivity contribution < 1.29 is 9.30 Å². The molecule has 1 aliphatic rings. The molecular formula is C21H25N2O+. The Morgan fingerprint density at radius 1 is 0.958 bits per heavy atom. The highest BCUT2D eigenvalue weighted by molar-refractivity contribution is 6.08. The molecule has 2 heterocycles. The summed E-state index contributed by atoms with van der Waals surface area (Å²) in [6, 6.07) is 17.6. The molecule has 0 saturated carbocycles. The van der Waals surface area contributed by atoms with Crippen LogP contribution in [0.2, 0.25) is 0 Å². The number of anilines is 1. The van der Waals surface area contributed by atoms with Gasteiger partial charge in [-0.05, 0) is 18.6 Å². The van der Waals surface area contributed by atoms with E-state index in [0.29, 0.717) is 0 Å². The molecule has 0 bridgehead atoms. The Kier molecular flexibility index (Phi) is 4.35. The van der Waals surface area contributed by atoms with Gasteiger partial charge in [0.1, 0.15) is 18.6 Å². The van der Waals surface area contributed by atoms with E-state index in [-0.39, 0.29) is 0 Å². The fourth-order valence-corrected chi connectivity index (χ4v) is 3.82. The molecule has 3 heteroatoms. The zero-order valence-electron chi connectivity index (χ0n) is 14.4. The van der Waals surface area contributed by atoms with Crippen LogP contribution in [0.1, 0.15) is 19.8 Å². The van der Waals surface area contributed by atoms with Crippen molar-refractivity contribution in [3.63, 3.8) is 0 Å². The minimum Gasteiger partial charge on any atom is -0.381 e. The Bertz CT molecular complexity index is 859. The SMILES string of the molecule is CCCOCCCN1CC[n+]2c1c1ccccc1c1ccccc12. The van der Waals surface area contributed by atoms with Crippen LogP contribution in [0.3, 0.4) is 0 Å². The van der Waals surface area contributed by atoms with E-state index in [1.54, 1.807) is 0 Å². The average Bonchev–Trinajstić information content (AvgIpc) is 3.06. The number of hydrogen-bond donors (Lipinski definition) is 0. The minimum atomic E-state index is 0.857. The topological polar surface area (TPSA) is 16.4 Å². The molecule has 0 fully saturated rings. The second-order valence-corrected chi connectivity index (χ2v) is 6.49. The molecule has 4 rings (SSSR count). The van der Waals surface area contributed by atoms with Gasteiger partial charge in [-0.1, -0.05) is 43.3 Å². The van der Waals surface area contributed by atoms with Crippen molar-refractivity contribution in [3.05, 3.63) is 48.5 Å². The van der Waals surface area contributed by atoms with Gasteiger partial charge < -0.3 is 4.74 Å². The predicted molar refractivity (Wildman–Crippen MR) is 99.6 cm³/mol. The summed E-state index contributed by atoms with van der Waals surface area (Å²) in [5, 5.41) is 4.07. The lowest BCUT2D eigenvalue weighted by molar-refractivity contribution is -0.643. The van der Waals surface area contributed by atoms with Crippen molar-refractivity contribution in [3.8, 4) is 0 Å². The minimum absolute atomic E-state index is 0.857. The van der Waals surface area contributed by atoms with Crippen LogP contribution in [0.25, 0.3) is 21.7 Å². The third-order valence-corrected chi connectivity index (χ3v) is 4.87. The third kappa shape index (κ3) is 2.63. The van der Waals surface area contributed by atoms with Crippen LogP contribution >= 0.6 is 0 Å². The van der Waals surface area contributed by atoms with E-state index in [0.717, 1.165) is 45.7 Å². The number of aromatic nitrogens is 1. The van der Waals surface area contributed by atoms with Crippen LogP contribution in [-0.4, -0.2) is 26.3 Å². The predicted octanol–water partition coefficient (Wildman–Crippen LogP) is 3.92. The lowest BCUT2D eigenvalue weighted by atomic mass is 10.1. The molecule has 1 aromatic heterocycles. The van der Waals surface area contributed by atoms with Gasteiger partial charge in [-0.3, -0.25) is 4.90 Å². The largest absolute Gasteiger partial charge is 0.381 e. The summed E-state index contributed by atoms with van der Waals surface area (Å²) in [6.45, 7) is 7.10. The summed E-state index contributed by atoms with van der Waals surface area (Å²) in [5.74, 6) is 1.37. The summed E-state index contributed by atoms with van der Waals surface area (Å²) in [7, 11) is 0. The monoisotopic (exact) mass is 321 g/mol. The van der Waals surface area contributed by atoms with Crippen molar-refractivity contribution in [2.24, 2.45) is 0 Å². The molecule has 1 aliphatic heterocycles. The van der Waals surface area contributed by atoms with Gasteiger partial charge in [0.05, 0.1) is 18.5 Å². The first-order valence-corrected chi connectivity index (χ1v) is 9.06. The van der Waals surface area contributed by atoms with E-state index >= 15 is 0 Å². The standard InChI is InChI=1S/C21H25N2O/c1-2-15-24-16-7-12-22-13-14-23-20-11-6-5-9-18(20)17-8-3-4-10-19(17)21(22)23/h3-6,8-11H,2,7,12-16H2,1H3/q+1. The molecular weight excluding hydrogens is 296 g/mol. The number of rotatable bonds is 6. The summed E-state index contributed by atoms with van der Waals surface area (Å²) in [5.41, 5.74) is 1.34. The number of ether oxygens (including phenoxy) is 1. The number of hydrogen-bond acceptors (Lipinski definition) is 2.